The Morgan fingerprint density at radius 2 is 1.69 bits per heavy atom. The molecular formula is C25H29N3S. The summed E-state index contributed by atoms with van der Waals surface area (Å²) in [5.41, 5.74) is 4.23. The van der Waals surface area contributed by atoms with Crippen LogP contribution in [0.4, 0.5) is 11.4 Å². The van der Waals surface area contributed by atoms with Crippen LogP contribution in [0.15, 0.2) is 65.6 Å². The summed E-state index contributed by atoms with van der Waals surface area (Å²) in [4.78, 5) is 6.45. The van der Waals surface area contributed by atoms with E-state index in [0.29, 0.717) is 0 Å². The van der Waals surface area contributed by atoms with Gasteiger partial charge < -0.3 is 14.1 Å². The van der Waals surface area contributed by atoms with E-state index in [-0.39, 0.29) is 0 Å². The first-order valence-electron chi connectivity index (χ1n) is 10.8. The molecule has 0 radical (unpaired) electrons. The number of hydrogen-bond acceptors (Lipinski definition) is 4. The number of benzene rings is 3. The summed E-state index contributed by atoms with van der Waals surface area (Å²) in [7, 11) is 2.24. The summed E-state index contributed by atoms with van der Waals surface area (Å²) in [6.07, 6.45) is 3.54. The van der Waals surface area contributed by atoms with E-state index < -0.39 is 0 Å². The zero-order chi connectivity index (χ0) is 19.6. The van der Waals surface area contributed by atoms with Gasteiger partial charge in [-0.05, 0) is 68.6 Å². The number of aryl methyl sites for hydroxylation is 1. The fourth-order valence-corrected chi connectivity index (χ4v) is 5.75. The molecule has 1 fully saturated rings. The molecule has 0 saturated carbocycles. The van der Waals surface area contributed by atoms with Crippen LogP contribution >= 0.6 is 11.9 Å². The van der Waals surface area contributed by atoms with Crippen molar-refractivity contribution in [1.82, 2.24) is 4.90 Å². The minimum Gasteiger partial charge on any atom is -0.370 e. The quantitative estimate of drug-likeness (QED) is 0.524. The third-order valence-corrected chi connectivity index (χ3v) is 7.30. The van der Waals surface area contributed by atoms with Crippen molar-refractivity contribution in [2.45, 2.75) is 24.2 Å². The minimum absolute atomic E-state index is 1.08. The molecule has 0 spiro atoms. The Bertz CT molecular complexity index is 988. The predicted molar refractivity (Wildman–Crippen MR) is 126 cm³/mol. The smallest absolute Gasteiger partial charge is 0.0565 e. The fourth-order valence-electron chi connectivity index (χ4n) is 4.59. The van der Waals surface area contributed by atoms with Crippen LogP contribution in [0.5, 0.6) is 0 Å². The molecule has 0 aromatic heterocycles. The molecule has 3 aromatic rings. The van der Waals surface area contributed by atoms with Gasteiger partial charge in [-0.25, -0.2) is 0 Å². The maximum absolute atomic E-state index is 2.59. The molecule has 150 valence electrons. The van der Waals surface area contributed by atoms with Gasteiger partial charge in [0.2, 0.25) is 0 Å². The highest BCUT2D eigenvalue weighted by Crippen LogP contribution is 2.48. The fraction of sp³-hybridized carbons (Fsp3) is 0.360. The van der Waals surface area contributed by atoms with Crippen molar-refractivity contribution in [3.63, 3.8) is 0 Å². The van der Waals surface area contributed by atoms with Gasteiger partial charge in [0.25, 0.3) is 0 Å². The van der Waals surface area contributed by atoms with Crippen molar-refractivity contribution in [2.24, 2.45) is 0 Å². The summed E-state index contributed by atoms with van der Waals surface area (Å²) < 4.78 is 2.50. The van der Waals surface area contributed by atoms with Gasteiger partial charge in [0.15, 0.2) is 0 Å². The Balaban J connectivity index is 1.38. The standard InChI is InChI=1S/C25H29N3S/c1-26-15-7-16-27(19-18-26)22-13-14-23-25-21(22)11-5-12-24(25)29-28(23)17-6-10-20-8-3-2-4-9-20/h2-5,8-9,11-14H,6-7,10,15-19H2,1H3. The van der Waals surface area contributed by atoms with Crippen LogP contribution in [0.2, 0.25) is 0 Å². The second kappa shape index (κ2) is 8.29. The van der Waals surface area contributed by atoms with Crippen molar-refractivity contribution in [1.29, 1.82) is 0 Å². The Morgan fingerprint density at radius 1 is 0.828 bits per heavy atom. The first kappa shape index (κ1) is 18.8. The van der Waals surface area contributed by atoms with Crippen LogP contribution in [0.1, 0.15) is 18.4 Å². The summed E-state index contributed by atoms with van der Waals surface area (Å²) in [5.74, 6) is 0. The molecule has 2 aliphatic heterocycles. The lowest BCUT2D eigenvalue weighted by Crippen LogP contribution is -2.28. The molecule has 0 unspecified atom stereocenters. The predicted octanol–water partition coefficient (Wildman–Crippen LogP) is 5.44. The topological polar surface area (TPSA) is 9.72 Å². The zero-order valence-electron chi connectivity index (χ0n) is 17.2. The van der Waals surface area contributed by atoms with Gasteiger partial charge in [-0.2, -0.15) is 0 Å². The van der Waals surface area contributed by atoms with Crippen LogP contribution < -0.4 is 9.21 Å². The average Bonchev–Trinajstić information content (AvgIpc) is 2.96. The van der Waals surface area contributed by atoms with Gasteiger partial charge >= 0.3 is 0 Å². The van der Waals surface area contributed by atoms with Gasteiger partial charge in [-0.1, -0.05) is 42.5 Å². The highest BCUT2D eigenvalue weighted by Gasteiger charge is 2.25. The molecule has 0 amide bonds. The second-order valence-corrected chi connectivity index (χ2v) is 9.27. The molecule has 0 aliphatic carbocycles. The molecule has 3 aromatic carbocycles. The molecule has 2 heterocycles. The molecule has 2 aliphatic rings. The highest BCUT2D eigenvalue weighted by atomic mass is 32.2. The van der Waals surface area contributed by atoms with Crippen molar-refractivity contribution < 1.29 is 0 Å². The average molecular weight is 404 g/mol. The molecule has 5 rings (SSSR count). The number of rotatable bonds is 5. The van der Waals surface area contributed by atoms with E-state index >= 15 is 0 Å². The summed E-state index contributed by atoms with van der Waals surface area (Å²) in [5, 5.41) is 2.87. The lowest BCUT2D eigenvalue weighted by atomic mass is 10.0. The van der Waals surface area contributed by atoms with E-state index in [9.17, 15) is 0 Å². The van der Waals surface area contributed by atoms with E-state index in [4.69, 9.17) is 0 Å². The number of anilines is 2. The highest BCUT2D eigenvalue weighted by molar-refractivity contribution is 8.01. The van der Waals surface area contributed by atoms with Crippen LogP contribution in [-0.2, 0) is 6.42 Å². The van der Waals surface area contributed by atoms with Gasteiger partial charge in [0.1, 0.15) is 0 Å². The van der Waals surface area contributed by atoms with Gasteiger partial charge in [-0.3, -0.25) is 0 Å². The van der Waals surface area contributed by atoms with Gasteiger partial charge in [-0.15, -0.1) is 0 Å². The van der Waals surface area contributed by atoms with Crippen LogP contribution in [-0.4, -0.2) is 44.7 Å². The zero-order valence-corrected chi connectivity index (χ0v) is 18.0. The molecule has 0 N–H and O–H groups in total. The van der Waals surface area contributed by atoms with E-state index in [1.54, 1.807) is 0 Å². The van der Waals surface area contributed by atoms with Crippen molar-refractivity contribution in [2.75, 3.05) is 49.0 Å². The Kier molecular flexibility index (Phi) is 5.38. The van der Waals surface area contributed by atoms with E-state index in [2.05, 4.69) is 81.8 Å². The van der Waals surface area contributed by atoms with Gasteiger partial charge in [0.05, 0.1) is 5.69 Å². The normalized spacial score (nSPS) is 17.1. The van der Waals surface area contributed by atoms with Crippen LogP contribution in [0.3, 0.4) is 0 Å². The monoisotopic (exact) mass is 403 g/mol. The van der Waals surface area contributed by atoms with Crippen molar-refractivity contribution in [3.05, 3.63) is 66.2 Å². The minimum atomic E-state index is 1.08. The maximum Gasteiger partial charge on any atom is 0.0565 e. The largest absolute Gasteiger partial charge is 0.370 e. The molecule has 3 nitrogen and oxygen atoms in total. The molecule has 0 atom stereocenters. The lowest BCUT2D eigenvalue weighted by Gasteiger charge is -2.25. The van der Waals surface area contributed by atoms with E-state index in [1.165, 1.54) is 52.0 Å². The van der Waals surface area contributed by atoms with E-state index in [1.807, 2.05) is 11.9 Å². The molecular weight excluding hydrogens is 374 g/mol. The van der Waals surface area contributed by atoms with Crippen LogP contribution in [0, 0.1) is 0 Å². The van der Waals surface area contributed by atoms with Crippen molar-refractivity contribution >= 4 is 34.1 Å². The first-order chi connectivity index (χ1) is 14.3. The third-order valence-electron chi connectivity index (χ3n) is 6.16. The molecule has 1 saturated heterocycles. The first-order valence-corrected chi connectivity index (χ1v) is 11.6. The Hall–Kier alpha value is -2.17. The Morgan fingerprint density at radius 3 is 2.59 bits per heavy atom. The summed E-state index contributed by atoms with van der Waals surface area (Å²) >= 11 is 1.92. The van der Waals surface area contributed by atoms with Gasteiger partial charge in [0, 0.05) is 47.5 Å². The number of hydrogen-bond donors (Lipinski definition) is 0. The van der Waals surface area contributed by atoms with Crippen LogP contribution in [0.25, 0.3) is 10.8 Å². The Labute approximate surface area is 178 Å². The molecule has 0 bridgehead atoms. The molecule has 29 heavy (non-hydrogen) atoms. The van der Waals surface area contributed by atoms with E-state index in [0.717, 1.165) is 32.6 Å². The number of nitrogens with zero attached hydrogens (tertiary/aromatic N) is 3. The summed E-state index contributed by atoms with van der Waals surface area (Å²) in [6, 6.07) is 22.4. The number of likely N-dealkylation sites (N-methyl/N-ethyl adjacent to an activating group) is 1. The SMILES string of the molecule is CN1CCCN(c2ccc3c4c(cccc24)SN3CCCc2ccccc2)CC1. The third kappa shape index (κ3) is 3.84. The second-order valence-electron chi connectivity index (χ2n) is 8.21. The van der Waals surface area contributed by atoms with Crippen molar-refractivity contribution in [3.8, 4) is 0 Å². The maximum atomic E-state index is 2.59. The lowest BCUT2D eigenvalue weighted by molar-refractivity contribution is 0.360. The molecule has 4 heteroatoms. The summed E-state index contributed by atoms with van der Waals surface area (Å²) in [6.45, 7) is 5.68.